The number of halogens is 1. The molecule has 1 aromatic heterocycles. The number of esters is 1. The Morgan fingerprint density at radius 1 is 1.40 bits per heavy atom. The molecule has 0 spiro atoms. The smallest absolute Gasteiger partial charge is 0.341 e. The van der Waals surface area contributed by atoms with Gasteiger partial charge in [-0.15, -0.1) is 22.9 Å². The molecule has 1 atom stereocenters. The van der Waals surface area contributed by atoms with Gasteiger partial charge in [0.25, 0.3) is 0 Å². The fourth-order valence-corrected chi connectivity index (χ4v) is 3.62. The lowest BCUT2D eigenvalue weighted by Crippen LogP contribution is -2.21. The van der Waals surface area contributed by atoms with Crippen molar-refractivity contribution in [1.82, 2.24) is 0 Å². The van der Waals surface area contributed by atoms with E-state index >= 15 is 0 Å². The van der Waals surface area contributed by atoms with E-state index in [1.54, 1.807) is 13.8 Å². The summed E-state index contributed by atoms with van der Waals surface area (Å²) in [7, 11) is 0. The lowest BCUT2D eigenvalue weighted by molar-refractivity contribution is -0.115. The maximum absolute atomic E-state index is 12.2. The first-order valence-corrected chi connectivity index (χ1v) is 8.06. The van der Waals surface area contributed by atoms with Gasteiger partial charge in [-0.05, 0) is 45.1 Å². The van der Waals surface area contributed by atoms with E-state index < -0.39 is 5.38 Å². The largest absolute Gasteiger partial charge is 0.462 e. The molecule has 0 saturated heterocycles. The number of alkyl halides is 1. The Balaban J connectivity index is 2.36. The topological polar surface area (TPSA) is 55.4 Å². The molecule has 1 aromatic rings. The van der Waals surface area contributed by atoms with Gasteiger partial charge in [-0.25, -0.2) is 4.79 Å². The molecule has 4 nitrogen and oxygen atoms in total. The summed E-state index contributed by atoms with van der Waals surface area (Å²) in [6, 6.07) is 0. The number of rotatable bonds is 4. The van der Waals surface area contributed by atoms with Gasteiger partial charge in [0.2, 0.25) is 5.91 Å². The summed E-state index contributed by atoms with van der Waals surface area (Å²) in [6.45, 7) is 3.70. The molecule has 1 aliphatic rings. The number of anilines is 1. The summed E-state index contributed by atoms with van der Waals surface area (Å²) >= 11 is 7.24. The third-order valence-corrected chi connectivity index (χ3v) is 4.65. The molecule has 1 heterocycles. The van der Waals surface area contributed by atoms with E-state index in [-0.39, 0.29) is 11.9 Å². The van der Waals surface area contributed by atoms with Crippen LogP contribution in [-0.2, 0) is 22.4 Å². The molecule has 1 amide bonds. The van der Waals surface area contributed by atoms with Crippen molar-refractivity contribution >= 4 is 39.8 Å². The van der Waals surface area contributed by atoms with Crippen molar-refractivity contribution in [2.75, 3.05) is 11.9 Å². The number of carbonyl (C=O) groups is 2. The minimum Gasteiger partial charge on any atom is -0.462 e. The summed E-state index contributed by atoms with van der Waals surface area (Å²) in [5, 5.41) is 2.69. The fourth-order valence-electron chi connectivity index (χ4n) is 2.28. The number of amides is 1. The Morgan fingerprint density at radius 3 is 2.75 bits per heavy atom. The first kappa shape index (κ1) is 15.3. The Labute approximate surface area is 127 Å². The molecular weight excluding hydrogens is 298 g/mol. The highest BCUT2D eigenvalue weighted by Gasteiger charge is 2.27. The minimum atomic E-state index is -0.635. The molecule has 20 heavy (non-hydrogen) atoms. The average molecular weight is 316 g/mol. The standard InChI is InChI=1S/C14H18ClNO3S/c1-3-19-14(18)11-9-6-4-5-7-10(9)20-13(11)16-12(17)8(2)15/h8H,3-7H2,1-2H3,(H,16,17). The van der Waals surface area contributed by atoms with E-state index in [1.165, 1.54) is 16.2 Å². The Morgan fingerprint density at radius 2 is 2.10 bits per heavy atom. The molecule has 1 N–H and O–H groups in total. The first-order chi connectivity index (χ1) is 9.54. The van der Waals surface area contributed by atoms with Crippen LogP contribution in [0.3, 0.4) is 0 Å². The maximum atomic E-state index is 12.2. The highest BCUT2D eigenvalue weighted by atomic mass is 35.5. The van der Waals surface area contributed by atoms with E-state index in [0.717, 1.165) is 31.2 Å². The van der Waals surface area contributed by atoms with Crippen LogP contribution < -0.4 is 5.32 Å². The van der Waals surface area contributed by atoms with Crippen molar-refractivity contribution < 1.29 is 14.3 Å². The Kier molecular flexibility index (Phi) is 5.05. The predicted molar refractivity (Wildman–Crippen MR) is 80.9 cm³/mol. The predicted octanol–water partition coefficient (Wildman–Crippen LogP) is 3.37. The van der Waals surface area contributed by atoms with Crippen molar-refractivity contribution in [3.8, 4) is 0 Å². The lowest BCUT2D eigenvalue weighted by atomic mass is 9.95. The molecule has 2 rings (SSSR count). The number of fused-ring (bicyclic) bond motifs is 1. The summed E-state index contributed by atoms with van der Waals surface area (Å²) in [5.74, 6) is -0.653. The first-order valence-electron chi connectivity index (χ1n) is 6.81. The van der Waals surface area contributed by atoms with Crippen LogP contribution in [0.1, 0.15) is 47.5 Å². The number of ether oxygens (including phenoxy) is 1. The van der Waals surface area contributed by atoms with E-state index in [4.69, 9.17) is 16.3 Å². The molecule has 1 unspecified atom stereocenters. The highest BCUT2D eigenvalue weighted by Crippen LogP contribution is 2.38. The van der Waals surface area contributed by atoms with Crippen LogP contribution in [0.5, 0.6) is 0 Å². The number of hydrogen-bond acceptors (Lipinski definition) is 4. The summed E-state index contributed by atoms with van der Waals surface area (Å²) in [6.07, 6.45) is 4.01. The van der Waals surface area contributed by atoms with Gasteiger partial charge < -0.3 is 10.1 Å². The number of aryl methyl sites for hydroxylation is 1. The van der Waals surface area contributed by atoms with Gasteiger partial charge in [0, 0.05) is 4.88 Å². The van der Waals surface area contributed by atoms with Crippen molar-refractivity contribution in [3.63, 3.8) is 0 Å². The molecule has 0 radical (unpaired) electrons. The number of carbonyl (C=O) groups excluding carboxylic acids is 2. The molecule has 6 heteroatoms. The average Bonchev–Trinajstić information content (AvgIpc) is 2.76. The van der Waals surface area contributed by atoms with E-state index in [0.29, 0.717) is 17.2 Å². The van der Waals surface area contributed by atoms with Crippen LogP contribution in [0.15, 0.2) is 0 Å². The SMILES string of the molecule is CCOC(=O)c1c(NC(=O)C(C)Cl)sc2c1CCCC2. The second-order valence-corrected chi connectivity index (χ2v) is 6.50. The minimum absolute atomic E-state index is 0.296. The fraction of sp³-hybridized carbons (Fsp3) is 0.571. The van der Waals surface area contributed by atoms with E-state index in [1.807, 2.05) is 0 Å². The van der Waals surface area contributed by atoms with Crippen molar-refractivity contribution in [2.24, 2.45) is 0 Å². The van der Waals surface area contributed by atoms with Gasteiger partial charge in [0.15, 0.2) is 0 Å². The number of thiophene rings is 1. The second-order valence-electron chi connectivity index (χ2n) is 4.74. The molecule has 0 aliphatic heterocycles. The van der Waals surface area contributed by atoms with Gasteiger partial charge in [0.1, 0.15) is 10.4 Å². The molecule has 0 aromatic carbocycles. The van der Waals surface area contributed by atoms with Gasteiger partial charge in [-0.3, -0.25) is 4.79 Å². The van der Waals surface area contributed by atoms with Crippen molar-refractivity contribution in [3.05, 3.63) is 16.0 Å². The number of hydrogen-bond donors (Lipinski definition) is 1. The van der Waals surface area contributed by atoms with Gasteiger partial charge in [0.05, 0.1) is 12.2 Å². The maximum Gasteiger partial charge on any atom is 0.341 e. The Hall–Kier alpha value is -1.07. The zero-order valence-corrected chi connectivity index (χ0v) is 13.2. The van der Waals surface area contributed by atoms with Crippen LogP contribution in [0.2, 0.25) is 0 Å². The lowest BCUT2D eigenvalue weighted by Gasteiger charge is -2.12. The summed E-state index contributed by atoms with van der Waals surface area (Å²) in [4.78, 5) is 25.1. The quantitative estimate of drug-likeness (QED) is 0.684. The van der Waals surface area contributed by atoms with Gasteiger partial charge >= 0.3 is 5.97 Å². The monoisotopic (exact) mass is 315 g/mol. The van der Waals surface area contributed by atoms with Crippen LogP contribution in [0.4, 0.5) is 5.00 Å². The summed E-state index contributed by atoms with van der Waals surface area (Å²) < 4.78 is 5.12. The summed E-state index contributed by atoms with van der Waals surface area (Å²) in [5.41, 5.74) is 1.56. The normalized spacial score (nSPS) is 15.3. The van der Waals surface area contributed by atoms with Crippen LogP contribution >= 0.6 is 22.9 Å². The van der Waals surface area contributed by atoms with Gasteiger partial charge in [-0.2, -0.15) is 0 Å². The number of nitrogens with one attached hydrogen (secondary N) is 1. The molecule has 0 saturated carbocycles. The van der Waals surface area contributed by atoms with Crippen molar-refractivity contribution in [1.29, 1.82) is 0 Å². The van der Waals surface area contributed by atoms with Crippen LogP contribution in [0.25, 0.3) is 0 Å². The van der Waals surface area contributed by atoms with Crippen molar-refractivity contribution in [2.45, 2.75) is 44.9 Å². The third-order valence-electron chi connectivity index (χ3n) is 3.25. The zero-order chi connectivity index (χ0) is 14.7. The second kappa shape index (κ2) is 6.59. The molecule has 1 aliphatic carbocycles. The van der Waals surface area contributed by atoms with Crippen LogP contribution in [0, 0.1) is 0 Å². The molecule has 110 valence electrons. The molecule has 0 fully saturated rings. The van der Waals surface area contributed by atoms with Gasteiger partial charge in [-0.1, -0.05) is 0 Å². The highest BCUT2D eigenvalue weighted by molar-refractivity contribution is 7.17. The third kappa shape index (κ3) is 3.15. The van der Waals surface area contributed by atoms with E-state index in [2.05, 4.69) is 5.32 Å². The molecule has 0 bridgehead atoms. The Bertz CT molecular complexity index is 525. The van der Waals surface area contributed by atoms with Crippen LogP contribution in [-0.4, -0.2) is 23.9 Å². The van der Waals surface area contributed by atoms with E-state index in [9.17, 15) is 9.59 Å². The zero-order valence-electron chi connectivity index (χ0n) is 11.6. The molecular formula is C14H18ClNO3S.